The number of nitro groups is 1. The number of hydrogen-bond acceptors (Lipinski definition) is 5. The number of hydrogen-bond donors (Lipinski definition) is 0. The molecule has 0 aliphatic rings. The quantitative estimate of drug-likeness (QED) is 0.415. The maximum absolute atomic E-state index is 11.9. The summed E-state index contributed by atoms with van der Waals surface area (Å²) >= 11 is 0. The third-order valence-corrected chi connectivity index (χ3v) is 4.10. The zero-order valence-electron chi connectivity index (χ0n) is 13.5. The van der Waals surface area contributed by atoms with Gasteiger partial charge in [0, 0.05) is 23.8 Å². The Bertz CT molecular complexity index is 1180. The van der Waals surface area contributed by atoms with Gasteiger partial charge >= 0.3 is 0 Å². The fourth-order valence-corrected chi connectivity index (χ4v) is 2.79. The second kappa shape index (κ2) is 6.29. The van der Waals surface area contributed by atoms with Gasteiger partial charge in [0.2, 0.25) is 0 Å². The summed E-state index contributed by atoms with van der Waals surface area (Å²) in [4.78, 5) is 22.2. The first kappa shape index (κ1) is 15.8. The van der Waals surface area contributed by atoms with Crippen LogP contribution < -0.4 is 5.56 Å². The van der Waals surface area contributed by atoms with E-state index >= 15 is 0 Å². The van der Waals surface area contributed by atoms with Crippen molar-refractivity contribution in [3.05, 3.63) is 93.0 Å². The van der Waals surface area contributed by atoms with Gasteiger partial charge in [-0.25, -0.2) is 0 Å². The maximum atomic E-state index is 11.9. The molecule has 7 heteroatoms. The zero-order valence-corrected chi connectivity index (χ0v) is 13.5. The van der Waals surface area contributed by atoms with Crippen molar-refractivity contribution < 1.29 is 9.45 Å². The van der Waals surface area contributed by atoms with E-state index in [0.717, 1.165) is 16.3 Å². The summed E-state index contributed by atoms with van der Waals surface area (Å²) in [7, 11) is 0. The minimum absolute atomic E-state index is 0.0948. The van der Waals surface area contributed by atoms with Crippen molar-refractivity contribution in [2.75, 3.05) is 0 Å². The number of nitrogens with zero attached hydrogens (tertiary/aromatic N) is 3. The van der Waals surface area contributed by atoms with Gasteiger partial charge in [0.05, 0.1) is 17.7 Å². The molecule has 0 fully saturated rings. The van der Waals surface area contributed by atoms with Gasteiger partial charge in [-0.2, -0.15) is 0 Å². The van der Waals surface area contributed by atoms with E-state index in [9.17, 15) is 14.9 Å². The van der Waals surface area contributed by atoms with Crippen LogP contribution in [-0.4, -0.2) is 14.6 Å². The lowest BCUT2D eigenvalue weighted by molar-refractivity contribution is -0.385. The highest BCUT2D eigenvalue weighted by molar-refractivity contribution is 5.86. The molecule has 128 valence electrons. The van der Waals surface area contributed by atoms with Crippen LogP contribution in [0.25, 0.3) is 22.1 Å². The molecule has 0 aliphatic heterocycles. The monoisotopic (exact) mass is 347 g/mol. The highest BCUT2D eigenvalue weighted by Gasteiger charge is 2.12. The molecule has 7 nitrogen and oxygen atoms in total. The number of pyridine rings is 1. The minimum atomic E-state index is -0.542. The number of fused-ring (bicyclic) bond motifs is 1. The second-order valence-electron chi connectivity index (χ2n) is 5.85. The standard InChI is InChI=1S/C19H13N3O4/c23-19-8-7-17(22(24)25)12-21(19)11-16-10-18(26-20-16)15-6-5-13-3-1-2-4-14(13)9-15/h1-10,12H,11H2. The van der Waals surface area contributed by atoms with Crippen molar-refractivity contribution in [1.29, 1.82) is 0 Å². The molecule has 0 unspecified atom stereocenters. The average molecular weight is 347 g/mol. The van der Waals surface area contributed by atoms with Gasteiger partial charge in [-0.05, 0) is 16.8 Å². The van der Waals surface area contributed by atoms with Gasteiger partial charge in [0.25, 0.3) is 11.2 Å². The molecule has 26 heavy (non-hydrogen) atoms. The fraction of sp³-hybridized carbons (Fsp3) is 0.0526. The van der Waals surface area contributed by atoms with Crippen LogP contribution in [0.15, 0.2) is 76.2 Å². The van der Waals surface area contributed by atoms with E-state index in [1.807, 2.05) is 42.5 Å². The van der Waals surface area contributed by atoms with Crippen LogP contribution >= 0.6 is 0 Å². The van der Waals surface area contributed by atoms with Crippen LogP contribution in [0.3, 0.4) is 0 Å². The highest BCUT2D eigenvalue weighted by Crippen LogP contribution is 2.25. The van der Waals surface area contributed by atoms with Crippen LogP contribution in [0.5, 0.6) is 0 Å². The SMILES string of the molecule is O=c1ccc([N+](=O)[O-])cn1Cc1cc(-c2ccc3ccccc3c2)on1. The molecular formula is C19H13N3O4. The van der Waals surface area contributed by atoms with E-state index in [-0.39, 0.29) is 17.8 Å². The molecule has 0 aliphatic carbocycles. The minimum Gasteiger partial charge on any atom is -0.356 e. The summed E-state index contributed by atoms with van der Waals surface area (Å²) in [5, 5.41) is 17.1. The van der Waals surface area contributed by atoms with E-state index in [4.69, 9.17) is 4.52 Å². The van der Waals surface area contributed by atoms with Crippen LogP contribution in [0, 0.1) is 10.1 Å². The molecule has 0 amide bonds. The molecule has 0 bridgehead atoms. The fourth-order valence-electron chi connectivity index (χ4n) is 2.79. The Balaban J connectivity index is 1.65. The Kier molecular flexibility index (Phi) is 3.81. The second-order valence-corrected chi connectivity index (χ2v) is 5.85. The summed E-state index contributed by atoms with van der Waals surface area (Å²) in [5.41, 5.74) is 0.887. The van der Waals surface area contributed by atoms with Crippen LogP contribution in [-0.2, 0) is 6.54 Å². The van der Waals surface area contributed by atoms with Gasteiger partial charge in [0.15, 0.2) is 5.76 Å². The number of aromatic nitrogens is 2. The van der Waals surface area contributed by atoms with E-state index in [1.165, 1.54) is 22.9 Å². The van der Waals surface area contributed by atoms with Crippen molar-refractivity contribution in [2.24, 2.45) is 0 Å². The first-order chi connectivity index (χ1) is 12.6. The summed E-state index contributed by atoms with van der Waals surface area (Å²) in [6.45, 7) is 0.0948. The van der Waals surface area contributed by atoms with E-state index in [0.29, 0.717) is 11.5 Å². The Labute approximate surface area is 147 Å². The van der Waals surface area contributed by atoms with Crippen molar-refractivity contribution in [3.63, 3.8) is 0 Å². The van der Waals surface area contributed by atoms with Crippen molar-refractivity contribution in [2.45, 2.75) is 6.54 Å². The first-order valence-corrected chi connectivity index (χ1v) is 7.90. The summed E-state index contributed by atoms with van der Waals surface area (Å²) in [5.74, 6) is 0.573. The molecule has 4 rings (SSSR count). The van der Waals surface area contributed by atoms with Gasteiger partial charge in [0.1, 0.15) is 5.69 Å². The first-order valence-electron chi connectivity index (χ1n) is 7.90. The molecule has 0 N–H and O–H groups in total. The Morgan fingerprint density at radius 1 is 1.04 bits per heavy atom. The summed E-state index contributed by atoms with van der Waals surface area (Å²) in [6.07, 6.45) is 1.20. The Hall–Kier alpha value is -3.74. The third-order valence-electron chi connectivity index (χ3n) is 4.10. The zero-order chi connectivity index (χ0) is 18.1. The lowest BCUT2D eigenvalue weighted by atomic mass is 10.1. The molecular weight excluding hydrogens is 334 g/mol. The van der Waals surface area contributed by atoms with E-state index < -0.39 is 4.92 Å². The molecule has 0 atom stereocenters. The molecule has 2 heterocycles. The predicted octanol–water partition coefficient (Wildman–Crippen LogP) is 3.61. The molecule has 2 aromatic heterocycles. The molecule has 0 saturated carbocycles. The highest BCUT2D eigenvalue weighted by atomic mass is 16.6. The Morgan fingerprint density at radius 2 is 1.85 bits per heavy atom. The Morgan fingerprint density at radius 3 is 2.65 bits per heavy atom. The molecule has 2 aromatic carbocycles. The summed E-state index contributed by atoms with van der Waals surface area (Å²) in [6, 6.07) is 18.0. The average Bonchev–Trinajstić information content (AvgIpc) is 3.11. The van der Waals surface area contributed by atoms with Crippen molar-refractivity contribution in [3.8, 4) is 11.3 Å². The van der Waals surface area contributed by atoms with E-state index in [2.05, 4.69) is 5.16 Å². The molecule has 0 spiro atoms. The summed E-state index contributed by atoms with van der Waals surface area (Å²) < 4.78 is 6.63. The molecule has 4 aromatic rings. The van der Waals surface area contributed by atoms with Gasteiger partial charge in [-0.15, -0.1) is 0 Å². The van der Waals surface area contributed by atoms with Gasteiger partial charge < -0.3 is 9.09 Å². The lowest BCUT2D eigenvalue weighted by Gasteiger charge is -2.01. The number of benzene rings is 2. The smallest absolute Gasteiger partial charge is 0.285 e. The topological polar surface area (TPSA) is 91.2 Å². The maximum Gasteiger partial charge on any atom is 0.285 e. The van der Waals surface area contributed by atoms with Gasteiger partial charge in [-0.1, -0.05) is 41.6 Å². The van der Waals surface area contributed by atoms with Crippen molar-refractivity contribution in [1.82, 2.24) is 9.72 Å². The van der Waals surface area contributed by atoms with Crippen molar-refractivity contribution >= 4 is 16.5 Å². The molecule has 0 radical (unpaired) electrons. The largest absolute Gasteiger partial charge is 0.356 e. The molecule has 0 saturated heterocycles. The van der Waals surface area contributed by atoms with Crippen LogP contribution in [0.4, 0.5) is 5.69 Å². The third kappa shape index (κ3) is 2.98. The van der Waals surface area contributed by atoms with Crippen LogP contribution in [0.2, 0.25) is 0 Å². The van der Waals surface area contributed by atoms with Gasteiger partial charge in [-0.3, -0.25) is 14.9 Å². The number of rotatable bonds is 4. The normalized spacial score (nSPS) is 10.9. The lowest BCUT2D eigenvalue weighted by Crippen LogP contribution is -2.19. The van der Waals surface area contributed by atoms with Crippen LogP contribution in [0.1, 0.15) is 5.69 Å². The predicted molar refractivity (Wildman–Crippen MR) is 95.9 cm³/mol. The van der Waals surface area contributed by atoms with E-state index in [1.54, 1.807) is 6.07 Å².